The van der Waals surface area contributed by atoms with Crippen molar-refractivity contribution in [1.29, 1.82) is 0 Å². The number of H-pyrrole nitrogens is 1. The van der Waals surface area contributed by atoms with E-state index in [0.717, 1.165) is 35.5 Å². The molecule has 3 aromatic rings. The number of nitrogens with zero attached hydrogens (tertiary/aromatic N) is 4. The minimum atomic E-state index is -0.164. The number of fused-ring (bicyclic) bond motifs is 2. The van der Waals surface area contributed by atoms with Crippen LogP contribution in [0.2, 0.25) is 0 Å². The van der Waals surface area contributed by atoms with Crippen LogP contribution >= 0.6 is 0 Å². The van der Waals surface area contributed by atoms with E-state index in [9.17, 15) is 4.79 Å². The third kappa shape index (κ3) is 2.77. The number of aromatic nitrogens is 5. The van der Waals surface area contributed by atoms with Crippen LogP contribution in [0.3, 0.4) is 0 Å². The van der Waals surface area contributed by atoms with Crippen molar-refractivity contribution in [3.8, 4) is 0 Å². The third-order valence-corrected chi connectivity index (χ3v) is 4.51. The van der Waals surface area contributed by atoms with E-state index in [0.29, 0.717) is 18.7 Å². The Balaban J connectivity index is 1.41. The van der Waals surface area contributed by atoms with Crippen molar-refractivity contribution in [2.24, 2.45) is 0 Å². The minimum Gasteiger partial charge on any atom is -0.350 e. The highest BCUT2D eigenvalue weighted by Gasteiger charge is 2.16. The molecule has 7 nitrogen and oxygen atoms in total. The number of para-hydroxylation sites is 1. The molecule has 0 aliphatic carbocycles. The molecule has 2 N–H and O–H groups in total. The predicted molar refractivity (Wildman–Crippen MR) is 89.7 cm³/mol. The van der Waals surface area contributed by atoms with Crippen molar-refractivity contribution in [3.05, 3.63) is 41.6 Å². The average molecular weight is 324 g/mol. The summed E-state index contributed by atoms with van der Waals surface area (Å²) < 4.78 is 2.21. The van der Waals surface area contributed by atoms with Crippen molar-refractivity contribution in [2.75, 3.05) is 6.54 Å². The van der Waals surface area contributed by atoms with Crippen LogP contribution in [0.4, 0.5) is 0 Å². The second-order valence-electron chi connectivity index (χ2n) is 6.12. The van der Waals surface area contributed by atoms with Crippen LogP contribution in [0.5, 0.6) is 0 Å². The molecule has 1 amide bonds. The first-order valence-corrected chi connectivity index (χ1v) is 8.45. The van der Waals surface area contributed by atoms with Gasteiger partial charge in [0.15, 0.2) is 5.69 Å². The Labute approximate surface area is 139 Å². The van der Waals surface area contributed by atoms with Gasteiger partial charge in [-0.15, -0.1) is 10.2 Å². The number of rotatable bonds is 4. The topological polar surface area (TPSA) is 88.5 Å². The minimum absolute atomic E-state index is 0.164. The summed E-state index contributed by atoms with van der Waals surface area (Å²) in [5, 5.41) is 19.4. The van der Waals surface area contributed by atoms with Crippen LogP contribution in [0.15, 0.2) is 24.3 Å². The summed E-state index contributed by atoms with van der Waals surface area (Å²) in [6.07, 6.45) is 5.27. The summed E-state index contributed by atoms with van der Waals surface area (Å²) in [4.78, 5) is 12.4. The smallest absolute Gasteiger partial charge is 0.272 e. The van der Waals surface area contributed by atoms with E-state index in [4.69, 9.17) is 0 Å². The largest absolute Gasteiger partial charge is 0.350 e. The van der Waals surface area contributed by atoms with Crippen LogP contribution in [-0.4, -0.2) is 37.4 Å². The van der Waals surface area contributed by atoms with Crippen LogP contribution in [0, 0.1) is 0 Å². The highest BCUT2D eigenvalue weighted by molar-refractivity contribution is 6.04. The van der Waals surface area contributed by atoms with Gasteiger partial charge in [0.2, 0.25) is 0 Å². The van der Waals surface area contributed by atoms with E-state index in [1.54, 1.807) is 0 Å². The normalized spacial score (nSPS) is 14.3. The average Bonchev–Trinajstić information content (AvgIpc) is 3.12. The Hall–Kier alpha value is -2.70. The summed E-state index contributed by atoms with van der Waals surface area (Å²) in [5.41, 5.74) is 1.30. The molecule has 4 rings (SSSR count). The number of benzene rings is 1. The summed E-state index contributed by atoms with van der Waals surface area (Å²) in [7, 11) is 0. The van der Waals surface area contributed by atoms with E-state index < -0.39 is 0 Å². The lowest BCUT2D eigenvalue weighted by Gasteiger charge is -2.07. The lowest BCUT2D eigenvalue weighted by molar-refractivity contribution is 0.0950. The molecule has 0 saturated heterocycles. The number of aromatic amines is 1. The number of carbonyl (C=O) groups excluding carboxylic acids is 1. The summed E-state index contributed by atoms with van der Waals surface area (Å²) >= 11 is 0. The van der Waals surface area contributed by atoms with Crippen LogP contribution < -0.4 is 5.32 Å². The summed E-state index contributed by atoms with van der Waals surface area (Å²) in [6.45, 7) is 1.51. The highest BCUT2D eigenvalue weighted by Crippen LogP contribution is 2.16. The molecule has 0 unspecified atom stereocenters. The standard InChI is InChI=1S/C17H20N6O/c24-17(16-12-6-3-4-7-13(12)19-22-16)18-10-9-15-21-20-14-8-2-1-5-11-23(14)15/h3-4,6-7H,1-2,5,8-11H2,(H,18,24)(H,19,22). The molecule has 3 heterocycles. The number of aryl methyl sites for hydroxylation is 1. The first kappa shape index (κ1) is 14.9. The maximum Gasteiger partial charge on any atom is 0.272 e. The molecule has 1 aliphatic heterocycles. The van der Waals surface area contributed by atoms with Crippen LogP contribution in [0.1, 0.15) is 41.4 Å². The first-order valence-electron chi connectivity index (χ1n) is 8.45. The van der Waals surface area contributed by atoms with E-state index in [-0.39, 0.29) is 5.91 Å². The van der Waals surface area contributed by atoms with Gasteiger partial charge in [0.1, 0.15) is 11.6 Å². The van der Waals surface area contributed by atoms with E-state index in [1.165, 1.54) is 19.3 Å². The van der Waals surface area contributed by atoms with Crippen molar-refractivity contribution in [2.45, 2.75) is 38.6 Å². The fourth-order valence-corrected chi connectivity index (χ4v) is 3.24. The fraction of sp³-hybridized carbons (Fsp3) is 0.412. The Morgan fingerprint density at radius 3 is 3.08 bits per heavy atom. The van der Waals surface area contributed by atoms with Gasteiger partial charge in [-0.1, -0.05) is 24.6 Å². The molecule has 1 aromatic carbocycles. The number of hydrogen-bond donors (Lipinski definition) is 2. The molecule has 124 valence electrons. The SMILES string of the molecule is O=C(NCCc1nnc2n1CCCCC2)c1n[nH]c2ccccc12. The number of amides is 1. The molecular weight excluding hydrogens is 304 g/mol. The van der Waals surface area contributed by atoms with Gasteiger partial charge in [-0.25, -0.2) is 0 Å². The quantitative estimate of drug-likeness (QED) is 0.766. The molecule has 24 heavy (non-hydrogen) atoms. The molecule has 0 bridgehead atoms. The van der Waals surface area contributed by atoms with Gasteiger partial charge < -0.3 is 9.88 Å². The zero-order chi connectivity index (χ0) is 16.4. The van der Waals surface area contributed by atoms with Gasteiger partial charge in [-0.05, 0) is 18.9 Å². The van der Waals surface area contributed by atoms with Crippen LogP contribution in [0.25, 0.3) is 10.9 Å². The Kier molecular flexibility index (Phi) is 3.98. The zero-order valence-corrected chi connectivity index (χ0v) is 13.5. The maximum absolute atomic E-state index is 12.4. The van der Waals surface area contributed by atoms with E-state index in [2.05, 4.69) is 30.3 Å². The van der Waals surface area contributed by atoms with Crippen molar-refractivity contribution < 1.29 is 4.79 Å². The Morgan fingerprint density at radius 2 is 2.12 bits per heavy atom. The lowest BCUT2D eigenvalue weighted by atomic mass is 10.2. The van der Waals surface area contributed by atoms with Gasteiger partial charge in [0, 0.05) is 31.3 Å². The van der Waals surface area contributed by atoms with Gasteiger partial charge in [-0.3, -0.25) is 9.89 Å². The lowest BCUT2D eigenvalue weighted by Crippen LogP contribution is -2.27. The second-order valence-corrected chi connectivity index (χ2v) is 6.12. The molecule has 0 saturated carbocycles. The van der Waals surface area contributed by atoms with Crippen molar-refractivity contribution in [3.63, 3.8) is 0 Å². The fourth-order valence-electron chi connectivity index (χ4n) is 3.24. The number of carbonyl (C=O) groups is 1. The molecule has 1 aliphatic rings. The molecule has 7 heteroatoms. The van der Waals surface area contributed by atoms with Gasteiger partial charge in [0.05, 0.1) is 5.52 Å². The number of nitrogens with one attached hydrogen (secondary N) is 2. The molecular formula is C17H20N6O. The molecule has 2 aromatic heterocycles. The van der Waals surface area contributed by atoms with E-state index >= 15 is 0 Å². The molecule has 0 radical (unpaired) electrons. The monoisotopic (exact) mass is 324 g/mol. The van der Waals surface area contributed by atoms with Gasteiger partial charge in [-0.2, -0.15) is 5.10 Å². The van der Waals surface area contributed by atoms with E-state index in [1.807, 2.05) is 24.3 Å². The summed E-state index contributed by atoms with van der Waals surface area (Å²) in [5.74, 6) is 1.87. The molecule has 0 fully saturated rings. The van der Waals surface area contributed by atoms with Gasteiger partial charge in [0.25, 0.3) is 5.91 Å². The van der Waals surface area contributed by atoms with Crippen molar-refractivity contribution >= 4 is 16.8 Å². The second kappa shape index (κ2) is 6.43. The predicted octanol–water partition coefficient (Wildman–Crippen LogP) is 1.85. The zero-order valence-electron chi connectivity index (χ0n) is 13.5. The molecule has 0 spiro atoms. The molecule has 0 atom stereocenters. The van der Waals surface area contributed by atoms with Crippen LogP contribution in [-0.2, 0) is 19.4 Å². The Bertz CT molecular complexity index is 865. The maximum atomic E-state index is 12.4. The Morgan fingerprint density at radius 1 is 1.21 bits per heavy atom. The summed E-state index contributed by atoms with van der Waals surface area (Å²) in [6, 6.07) is 7.62. The number of hydrogen-bond acceptors (Lipinski definition) is 4. The first-order chi connectivity index (χ1) is 11.8. The van der Waals surface area contributed by atoms with Gasteiger partial charge >= 0.3 is 0 Å². The van der Waals surface area contributed by atoms with Crippen molar-refractivity contribution in [1.82, 2.24) is 30.3 Å². The third-order valence-electron chi connectivity index (χ3n) is 4.51. The highest BCUT2D eigenvalue weighted by atomic mass is 16.1.